The van der Waals surface area contributed by atoms with Crippen LogP contribution in [-0.2, 0) is 27.2 Å². The lowest BCUT2D eigenvalue weighted by molar-refractivity contribution is 0.128. The fraction of sp³-hybridized carbons (Fsp3) is 1.00. The van der Waals surface area contributed by atoms with E-state index in [-0.39, 0.29) is 36.7 Å². The van der Waals surface area contributed by atoms with E-state index in [1.165, 1.54) is 0 Å². The van der Waals surface area contributed by atoms with Gasteiger partial charge in [0.2, 0.25) is 0 Å². The van der Waals surface area contributed by atoms with Gasteiger partial charge in [0.15, 0.2) is 0 Å². The van der Waals surface area contributed by atoms with Crippen molar-refractivity contribution in [3.8, 4) is 0 Å². The van der Waals surface area contributed by atoms with Crippen molar-refractivity contribution in [3.63, 3.8) is 0 Å². The number of alkyl halides is 2. The van der Waals surface area contributed by atoms with E-state index in [9.17, 15) is 9.13 Å². The molecule has 0 amide bonds. The molecule has 0 aliphatic rings. The maximum Gasteiger partial charge on any atom is 0.345 e. The summed E-state index contributed by atoms with van der Waals surface area (Å²) in [5, 5.41) is 0. The third kappa shape index (κ3) is 9.01. The largest absolute Gasteiger partial charge is 0.345 e. The van der Waals surface area contributed by atoms with Crippen LogP contribution in [0.4, 0.5) is 0 Å². The minimum absolute atomic E-state index is 0.0843. The van der Waals surface area contributed by atoms with Gasteiger partial charge in [-0.2, -0.15) is 0 Å². The maximum atomic E-state index is 12.0. The van der Waals surface area contributed by atoms with E-state index in [2.05, 4.69) is 0 Å². The summed E-state index contributed by atoms with van der Waals surface area (Å²) in [7, 11) is -6.70. The van der Waals surface area contributed by atoms with E-state index in [0.29, 0.717) is 0 Å². The van der Waals surface area contributed by atoms with Crippen LogP contribution in [0.1, 0.15) is 27.7 Å². The fourth-order valence-electron chi connectivity index (χ4n) is 1.18. The second kappa shape index (κ2) is 9.81. The summed E-state index contributed by atoms with van der Waals surface area (Å²) in [5.41, 5.74) is -0.526. The van der Waals surface area contributed by atoms with E-state index >= 15 is 0 Å². The monoisotopic (exact) mass is 370 g/mol. The van der Waals surface area contributed by atoms with E-state index in [0.717, 1.165) is 0 Å². The van der Waals surface area contributed by atoms with Crippen molar-refractivity contribution in [2.24, 2.45) is 0 Å². The highest BCUT2D eigenvalue weighted by Gasteiger charge is 2.27. The number of halogens is 2. The molecule has 0 rings (SSSR count). The first kappa shape index (κ1) is 20.9. The molecule has 0 saturated carbocycles. The average Bonchev–Trinajstić information content (AvgIpc) is 2.33. The molecule has 20 heavy (non-hydrogen) atoms. The molecular weight excluding hydrogens is 349 g/mol. The molecule has 0 aromatic heterocycles. The van der Waals surface area contributed by atoms with Crippen molar-refractivity contribution in [1.29, 1.82) is 0 Å². The third-order valence-electron chi connectivity index (χ3n) is 1.69. The van der Waals surface area contributed by atoms with Crippen molar-refractivity contribution in [2.75, 3.05) is 24.5 Å². The van der Waals surface area contributed by atoms with Crippen LogP contribution in [0.3, 0.4) is 0 Å². The first-order valence-electron chi connectivity index (χ1n) is 6.12. The molecule has 0 fully saturated rings. The van der Waals surface area contributed by atoms with Crippen LogP contribution in [0.15, 0.2) is 0 Å². The smallest absolute Gasteiger partial charge is 0.305 e. The fourth-order valence-corrected chi connectivity index (χ4v) is 4.30. The van der Waals surface area contributed by atoms with Crippen molar-refractivity contribution >= 4 is 38.4 Å². The quantitative estimate of drug-likeness (QED) is 0.299. The summed E-state index contributed by atoms with van der Waals surface area (Å²) in [6.07, 6.45) is -0.558. The van der Waals surface area contributed by atoms with Gasteiger partial charge in [0, 0.05) is 0 Å². The molecule has 0 aliphatic heterocycles. The van der Waals surface area contributed by atoms with Gasteiger partial charge in [0.1, 0.15) is 11.2 Å². The van der Waals surface area contributed by atoms with E-state index < -0.39 is 15.2 Å². The van der Waals surface area contributed by atoms with Crippen LogP contribution in [0, 0.1) is 0 Å². The summed E-state index contributed by atoms with van der Waals surface area (Å²) in [6.45, 7) is 6.71. The van der Waals surface area contributed by atoms with Crippen LogP contribution >= 0.6 is 38.4 Å². The Morgan fingerprint density at radius 1 is 0.800 bits per heavy atom. The van der Waals surface area contributed by atoms with Gasteiger partial charge in [-0.25, -0.2) is 0 Å². The molecule has 6 nitrogen and oxygen atoms in total. The number of hydrogen-bond donors (Lipinski definition) is 0. The Morgan fingerprint density at radius 2 is 1.10 bits per heavy atom. The van der Waals surface area contributed by atoms with E-state index in [4.69, 9.17) is 41.3 Å². The van der Waals surface area contributed by atoms with Crippen LogP contribution in [0.2, 0.25) is 0 Å². The van der Waals surface area contributed by atoms with Gasteiger partial charge in [-0.3, -0.25) is 9.13 Å². The third-order valence-corrected chi connectivity index (χ3v) is 6.67. The van der Waals surface area contributed by atoms with Gasteiger partial charge in [-0.05, 0) is 27.7 Å². The first-order chi connectivity index (χ1) is 9.16. The van der Waals surface area contributed by atoms with Crippen molar-refractivity contribution in [3.05, 3.63) is 0 Å². The topological polar surface area (TPSA) is 71.1 Å². The molecule has 0 N–H and O–H groups in total. The molecule has 122 valence electrons. The average molecular weight is 371 g/mol. The van der Waals surface area contributed by atoms with E-state index in [1.807, 2.05) is 0 Å². The SMILES string of the molecule is CC(C)O[P@@](=O)(CCl)OCCO[P@@](=O)(CCl)OC(C)C. The Hall–Kier alpha value is 0.880. The molecular formula is C10H22Cl2O6P2. The summed E-state index contributed by atoms with van der Waals surface area (Å²) < 4.78 is 44.5. The molecule has 0 unspecified atom stereocenters. The predicted molar refractivity (Wildman–Crippen MR) is 81.0 cm³/mol. The minimum Gasteiger partial charge on any atom is -0.305 e. The molecule has 0 bridgehead atoms. The van der Waals surface area contributed by atoms with Gasteiger partial charge in [0.05, 0.1) is 25.4 Å². The zero-order valence-corrected chi connectivity index (χ0v) is 15.4. The Balaban J connectivity index is 4.23. The number of hydrogen-bond acceptors (Lipinski definition) is 6. The minimum atomic E-state index is -3.35. The highest BCUT2D eigenvalue weighted by Crippen LogP contribution is 2.52. The molecule has 2 atom stereocenters. The highest BCUT2D eigenvalue weighted by atomic mass is 35.5. The van der Waals surface area contributed by atoms with Crippen LogP contribution in [-0.4, -0.2) is 36.7 Å². The van der Waals surface area contributed by atoms with Crippen molar-refractivity contribution in [1.82, 2.24) is 0 Å². The van der Waals surface area contributed by atoms with Crippen LogP contribution < -0.4 is 0 Å². The van der Waals surface area contributed by atoms with Gasteiger partial charge < -0.3 is 18.1 Å². The van der Waals surface area contributed by atoms with Gasteiger partial charge >= 0.3 is 15.2 Å². The lowest BCUT2D eigenvalue weighted by atomic mass is 10.5. The van der Waals surface area contributed by atoms with Crippen LogP contribution in [0.25, 0.3) is 0 Å². The summed E-state index contributed by atoms with van der Waals surface area (Å²) >= 11 is 11.1. The molecule has 0 heterocycles. The summed E-state index contributed by atoms with van der Waals surface area (Å²) in [4.78, 5) is 0. The van der Waals surface area contributed by atoms with Gasteiger partial charge in [0.25, 0.3) is 0 Å². The molecule has 0 spiro atoms. The Bertz CT molecular complexity index is 330. The molecule has 10 heteroatoms. The van der Waals surface area contributed by atoms with Gasteiger partial charge in [-0.15, -0.1) is 23.2 Å². The molecule has 0 aromatic carbocycles. The summed E-state index contributed by atoms with van der Waals surface area (Å²) in [6, 6.07) is 0. The lowest BCUT2D eigenvalue weighted by Gasteiger charge is -2.20. The Morgan fingerprint density at radius 3 is 1.30 bits per heavy atom. The van der Waals surface area contributed by atoms with E-state index in [1.54, 1.807) is 27.7 Å². The Labute approximate surface area is 130 Å². The summed E-state index contributed by atoms with van der Waals surface area (Å²) in [5.74, 6) is 0. The first-order valence-corrected chi connectivity index (χ1v) is 10.6. The number of rotatable bonds is 11. The highest BCUT2D eigenvalue weighted by molar-refractivity contribution is 7.56. The molecule has 0 saturated heterocycles. The second-order valence-corrected chi connectivity index (χ2v) is 9.73. The zero-order valence-electron chi connectivity index (χ0n) is 12.1. The van der Waals surface area contributed by atoms with Gasteiger partial charge in [-0.1, -0.05) is 0 Å². The normalized spacial score (nSPS) is 18.2. The lowest BCUT2D eigenvalue weighted by Crippen LogP contribution is -2.10. The standard InChI is InChI=1S/C10H22Cl2O6P2/c1-9(2)17-19(13,7-11)15-5-6-16-20(14,8-12)18-10(3)4/h9-10H,5-8H2,1-4H3/t19-,20+. The molecule has 0 aliphatic carbocycles. The maximum absolute atomic E-state index is 12.0. The van der Waals surface area contributed by atoms with Crippen LogP contribution in [0.5, 0.6) is 0 Å². The Kier molecular flexibility index (Phi) is 10.2. The molecule has 0 radical (unpaired) electrons. The second-order valence-electron chi connectivity index (χ2n) is 4.44. The zero-order chi connectivity index (χ0) is 15.8. The van der Waals surface area contributed by atoms with Crippen molar-refractivity contribution in [2.45, 2.75) is 39.9 Å². The predicted octanol–water partition coefficient (Wildman–Crippen LogP) is 4.65. The van der Waals surface area contributed by atoms with Crippen molar-refractivity contribution < 1.29 is 27.2 Å². The molecule has 0 aromatic rings.